The first kappa shape index (κ1) is 19.8. The SMILES string of the molecule is O=C(CSc1ccc2c(c1)OCCCO2)N[C@H](c1ccc(F)cc1)c1cccs1. The highest BCUT2D eigenvalue weighted by atomic mass is 32.2. The fourth-order valence-corrected chi connectivity index (χ4v) is 4.55. The van der Waals surface area contributed by atoms with Crippen molar-refractivity contribution in [2.45, 2.75) is 17.4 Å². The van der Waals surface area contributed by atoms with Gasteiger partial charge in [0, 0.05) is 16.2 Å². The first-order valence-electron chi connectivity index (χ1n) is 9.30. The molecule has 1 aromatic heterocycles. The number of amides is 1. The van der Waals surface area contributed by atoms with E-state index < -0.39 is 0 Å². The van der Waals surface area contributed by atoms with Crippen molar-refractivity contribution in [2.24, 2.45) is 0 Å². The topological polar surface area (TPSA) is 47.6 Å². The van der Waals surface area contributed by atoms with Gasteiger partial charge in [-0.15, -0.1) is 23.1 Å². The summed E-state index contributed by atoms with van der Waals surface area (Å²) in [5, 5.41) is 5.03. The average molecular weight is 430 g/mol. The molecule has 1 aliphatic heterocycles. The fourth-order valence-electron chi connectivity index (χ4n) is 3.01. The smallest absolute Gasteiger partial charge is 0.231 e. The molecule has 7 heteroatoms. The Morgan fingerprint density at radius 3 is 2.66 bits per heavy atom. The summed E-state index contributed by atoms with van der Waals surface area (Å²) in [7, 11) is 0. The van der Waals surface area contributed by atoms with Crippen LogP contribution in [-0.2, 0) is 4.79 Å². The number of thiophene rings is 1. The van der Waals surface area contributed by atoms with Crippen molar-refractivity contribution < 1.29 is 18.7 Å². The lowest BCUT2D eigenvalue weighted by atomic mass is 10.1. The minimum atomic E-state index is -0.299. The van der Waals surface area contributed by atoms with E-state index in [1.54, 1.807) is 23.5 Å². The summed E-state index contributed by atoms with van der Waals surface area (Å²) in [5.74, 6) is 1.34. The number of ether oxygens (including phenoxy) is 2. The standard InChI is InChI=1S/C22H20FNO3S2/c23-16-6-4-15(5-7-16)22(20-3-1-12-28-20)24-21(25)14-29-17-8-9-18-19(13-17)27-11-2-10-26-18/h1,3-9,12-13,22H,2,10-11,14H2,(H,24,25)/t22-/m1/s1. The Morgan fingerprint density at radius 1 is 1.10 bits per heavy atom. The van der Waals surface area contributed by atoms with Crippen LogP contribution in [0.1, 0.15) is 22.9 Å². The molecule has 4 nitrogen and oxygen atoms in total. The first-order valence-corrected chi connectivity index (χ1v) is 11.2. The number of carbonyl (C=O) groups excluding carboxylic acids is 1. The second kappa shape index (κ2) is 9.33. The molecule has 1 N–H and O–H groups in total. The summed E-state index contributed by atoms with van der Waals surface area (Å²) in [4.78, 5) is 14.6. The van der Waals surface area contributed by atoms with Crippen molar-refractivity contribution in [3.63, 3.8) is 0 Å². The minimum Gasteiger partial charge on any atom is -0.490 e. The van der Waals surface area contributed by atoms with Crippen LogP contribution in [-0.4, -0.2) is 24.9 Å². The zero-order valence-corrected chi connectivity index (χ0v) is 17.2. The van der Waals surface area contributed by atoms with E-state index in [1.807, 2.05) is 35.7 Å². The maximum absolute atomic E-state index is 13.3. The van der Waals surface area contributed by atoms with Gasteiger partial charge in [0.2, 0.25) is 5.91 Å². The monoisotopic (exact) mass is 429 g/mol. The molecule has 0 radical (unpaired) electrons. The predicted molar refractivity (Wildman–Crippen MR) is 113 cm³/mol. The number of thioether (sulfide) groups is 1. The quantitative estimate of drug-likeness (QED) is 0.558. The van der Waals surface area contributed by atoms with Gasteiger partial charge in [-0.3, -0.25) is 4.79 Å². The van der Waals surface area contributed by atoms with Crippen molar-refractivity contribution in [2.75, 3.05) is 19.0 Å². The third kappa shape index (κ3) is 5.10. The molecule has 4 rings (SSSR count). The van der Waals surface area contributed by atoms with Crippen LogP contribution in [0.4, 0.5) is 4.39 Å². The van der Waals surface area contributed by atoms with Crippen molar-refractivity contribution in [3.05, 3.63) is 76.2 Å². The number of hydrogen-bond acceptors (Lipinski definition) is 5. The number of carbonyl (C=O) groups is 1. The van der Waals surface area contributed by atoms with Gasteiger partial charge in [0.15, 0.2) is 11.5 Å². The summed E-state index contributed by atoms with van der Waals surface area (Å²) in [5.41, 5.74) is 0.850. The predicted octanol–water partition coefficient (Wildman–Crippen LogP) is 5.05. The third-order valence-corrected chi connectivity index (χ3v) is 6.36. The van der Waals surface area contributed by atoms with Gasteiger partial charge in [0.25, 0.3) is 0 Å². The van der Waals surface area contributed by atoms with Crippen molar-refractivity contribution in [1.29, 1.82) is 0 Å². The number of benzene rings is 2. The van der Waals surface area contributed by atoms with Gasteiger partial charge in [-0.2, -0.15) is 0 Å². The van der Waals surface area contributed by atoms with E-state index in [2.05, 4.69) is 5.32 Å². The summed E-state index contributed by atoms with van der Waals surface area (Å²) in [6.07, 6.45) is 0.854. The van der Waals surface area contributed by atoms with E-state index in [9.17, 15) is 9.18 Å². The van der Waals surface area contributed by atoms with E-state index in [4.69, 9.17) is 9.47 Å². The molecular formula is C22H20FNO3S2. The number of halogens is 1. The van der Waals surface area contributed by atoms with Crippen molar-refractivity contribution in [3.8, 4) is 11.5 Å². The molecule has 0 unspecified atom stereocenters. The summed E-state index contributed by atoms with van der Waals surface area (Å²) in [6, 6.07) is 15.6. The zero-order chi connectivity index (χ0) is 20.1. The molecule has 0 saturated carbocycles. The molecule has 150 valence electrons. The number of fused-ring (bicyclic) bond motifs is 1. The third-order valence-electron chi connectivity index (χ3n) is 4.43. The summed E-state index contributed by atoms with van der Waals surface area (Å²) < 4.78 is 24.7. The van der Waals surface area contributed by atoms with E-state index in [1.165, 1.54) is 23.9 Å². The Hall–Kier alpha value is -2.51. The van der Waals surface area contributed by atoms with E-state index in [-0.39, 0.29) is 23.5 Å². The maximum Gasteiger partial charge on any atom is 0.231 e. The Kier molecular flexibility index (Phi) is 6.36. The first-order chi connectivity index (χ1) is 14.2. The van der Waals surface area contributed by atoms with Crippen LogP contribution in [0.2, 0.25) is 0 Å². The van der Waals surface area contributed by atoms with E-state index >= 15 is 0 Å². The highest BCUT2D eigenvalue weighted by Crippen LogP contribution is 2.34. The van der Waals surface area contributed by atoms with Gasteiger partial charge in [0.1, 0.15) is 5.82 Å². The minimum absolute atomic E-state index is 0.0927. The van der Waals surface area contributed by atoms with Gasteiger partial charge in [-0.05, 0) is 47.3 Å². The molecule has 3 aromatic rings. The largest absolute Gasteiger partial charge is 0.490 e. The lowest BCUT2D eigenvalue weighted by molar-refractivity contribution is -0.119. The molecule has 0 aliphatic carbocycles. The normalized spacial score (nSPS) is 14.1. The van der Waals surface area contributed by atoms with Gasteiger partial charge in [-0.25, -0.2) is 4.39 Å². The van der Waals surface area contributed by atoms with Gasteiger partial charge < -0.3 is 14.8 Å². The molecule has 1 amide bonds. The molecule has 0 fully saturated rings. The molecule has 2 aromatic carbocycles. The zero-order valence-electron chi connectivity index (χ0n) is 15.6. The molecule has 29 heavy (non-hydrogen) atoms. The van der Waals surface area contributed by atoms with Crippen molar-refractivity contribution >= 4 is 29.0 Å². The molecule has 1 aliphatic rings. The average Bonchev–Trinajstić information content (AvgIpc) is 3.16. The molecule has 2 heterocycles. The summed E-state index contributed by atoms with van der Waals surface area (Å²) >= 11 is 3.00. The van der Waals surface area contributed by atoms with Crippen LogP contribution >= 0.6 is 23.1 Å². The van der Waals surface area contributed by atoms with E-state index in [0.29, 0.717) is 13.2 Å². The van der Waals surface area contributed by atoms with Gasteiger partial charge >= 0.3 is 0 Å². The Labute approximate surface area is 177 Å². The molecule has 0 bridgehead atoms. The van der Waals surface area contributed by atoms with Gasteiger partial charge in [0.05, 0.1) is 25.0 Å². The number of hydrogen-bond donors (Lipinski definition) is 1. The second-order valence-electron chi connectivity index (χ2n) is 6.52. The van der Waals surface area contributed by atoms with Crippen molar-refractivity contribution in [1.82, 2.24) is 5.32 Å². The Morgan fingerprint density at radius 2 is 1.90 bits per heavy atom. The van der Waals surface area contributed by atoms with Crippen LogP contribution < -0.4 is 14.8 Å². The number of rotatable bonds is 6. The van der Waals surface area contributed by atoms with Gasteiger partial charge in [-0.1, -0.05) is 18.2 Å². The molecular weight excluding hydrogens is 409 g/mol. The lowest BCUT2D eigenvalue weighted by Crippen LogP contribution is -2.30. The number of nitrogens with one attached hydrogen (secondary N) is 1. The van der Waals surface area contributed by atoms with Crippen LogP contribution in [0.5, 0.6) is 11.5 Å². The fraction of sp³-hybridized carbons (Fsp3) is 0.227. The Balaban J connectivity index is 1.42. The second-order valence-corrected chi connectivity index (χ2v) is 8.54. The van der Waals surface area contributed by atoms with Crippen LogP contribution in [0, 0.1) is 5.82 Å². The maximum atomic E-state index is 13.3. The highest BCUT2D eigenvalue weighted by molar-refractivity contribution is 8.00. The van der Waals surface area contributed by atoms with Crippen LogP contribution in [0.25, 0.3) is 0 Å². The molecule has 0 saturated heterocycles. The van der Waals surface area contributed by atoms with Crippen LogP contribution in [0.15, 0.2) is 64.9 Å². The summed E-state index contributed by atoms with van der Waals surface area (Å²) in [6.45, 7) is 1.27. The Bertz CT molecular complexity index is 961. The molecule has 1 atom stereocenters. The molecule has 0 spiro atoms. The lowest BCUT2D eigenvalue weighted by Gasteiger charge is -2.18. The van der Waals surface area contributed by atoms with E-state index in [0.717, 1.165) is 33.3 Å². The highest BCUT2D eigenvalue weighted by Gasteiger charge is 2.18. The van der Waals surface area contributed by atoms with Crippen LogP contribution in [0.3, 0.4) is 0 Å².